The Balaban J connectivity index is 1.67. The minimum absolute atomic E-state index is 0.492. The molecule has 1 unspecified atom stereocenters. The number of hydrogen-bond acceptors (Lipinski definition) is 4. The molecule has 0 fully saturated rings. The molecule has 3 rings (SSSR count). The van der Waals surface area contributed by atoms with Crippen molar-refractivity contribution in [2.24, 2.45) is 0 Å². The van der Waals surface area contributed by atoms with E-state index in [0.717, 1.165) is 27.5 Å². The topological polar surface area (TPSA) is 49.6 Å². The van der Waals surface area contributed by atoms with Gasteiger partial charge in [-0.05, 0) is 31.9 Å². The van der Waals surface area contributed by atoms with E-state index in [-0.39, 0.29) is 0 Å². The summed E-state index contributed by atoms with van der Waals surface area (Å²) in [6.45, 7) is 7.38. The van der Waals surface area contributed by atoms with E-state index < -0.39 is 6.10 Å². The van der Waals surface area contributed by atoms with Gasteiger partial charge in [-0.2, -0.15) is 0 Å². The third kappa shape index (κ3) is 2.92. The van der Waals surface area contributed by atoms with Crippen LogP contribution < -0.4 is 5.32 Å². The summed E-state index contributed by atoms with van der Waals surface area (Å²) < 4.78 is 2.14. The van der Waals surface area contributed by atoms with Crippen molar-refractivity contribution in [3.8, 4) is 0 Å². The van der Waals surface area contributed by atoms with Gasteiger partial charge in [-0.15, -0.1) is 11.3 Å². The molecule has 0 aliphatic rings. The molecule has 1 atom stereocenters. The van der Waals surface area contributed by atoms with Gasteiger partial charge in [0.25, 0.3) is 0 Å². The van der Waals surface area contributed by atoms with E-state index in [1.807, 2.05) is 38.1 Å². The van der Waals surface area contributed by atoms with Crippen LogP contribution in [-0.2, 0) is 6.54 Å². The van der Waals surface area contributed by atoms with Crippen molar-refractivity contribution in [3.63, 3.8) is 0 Å². The quantitative estimate of drug-likeness (QED) is 0.760. The molecular weight excluding hydrogens is 294 g/mol. The maximum atomic E-state index is 10.3. The Kier molecular flexibility index (Phi) is 4.29. The molecule has 4 nitrogen and oxygen atoms in total. The number of rotatable bonds is 5. The molecule has 1 aromatic carbocycles. The molecule has 0 aliphatic carbocycles. The second kappa shape index (κ2) is 6.20. The van der Waals surface area contributed by atoms with E-state index >= 15 is 0 Å². The number of nitrogens with one attached hydrogen (secondary N) is 1. The summed E-state index contributed by atoms with van der Waals surface area (Å²) in [6, 6.07) is 7.96. The maximum Gasteiger partial charge on any atom is 0.194 e. The molecule has 5 heteroatoms. The first-order valence-corrected chi connectivity index (χ1v) is 8.26. The van der Waals surface area contributed by atoms with Crippen LogP contribution in [0.3, 0.4) is 0 Å². The van der Waals surface area contributed by atoms with Gasteiger partial charge in [-0.3, -0.25) is 4.40 Å². The zero-order valence-electron chi connectivity index (χ0n) is 13.1. The third-order valence-electron chi connectivity index (χ3n) is 3.92. The van der Waals surface area contributed by atoms with Crippen LogP contribution in [0.4, 0.5) is 0 Å². The first-order valence-electron chi connectivity index (χ1n) is 7.44. The maximum absolute atomic E-state index is 10.3. The molecule has 116 valence electrons. The minimum Gasteiger partial charge on any atom is -0.387 e. The Bertz CT molecular complexity index is 790. The van der Waals surface area contributed by atoms with Gasteiger partial charge in [0.2, 0.25) is 0 Å². The molecule has 2 N–H and O–H groups in total. The van der Waals surface area contributed by atoms with Crippen molar-refractivity contribution in [3.05, 3.63) is 57.9 Å². The van der Waals surface area contributed by atoms with Crippen LogP contribution in [0.25, 0.3) is 4.96 Å². The number of aromatic nitrogens is 2. The number of aliphatic hydroxyl groups excluding tert-OH is 1. The molecule has 0 radical (unpaired) electrons. The van der Waals surface area contributed by atoms with Gasteiger partial charge in [-0.1, -0.05) is 24.3 Å². The monoisotopic (exact) mass is 315 g/mol. The standard InChI is InChI=1S/C17H21N3OS/c1-11-6-4-5-7-14(11)16(21)9-18-8-15-13(3)19-17-20(15)10-12(2)22-17/h4-7,10,16,18,21H,8-9H2,1-3H3. The van der Waals surface area contributed by atoms with Crippen molar-refractivity contribution in [2.75, 3.05) is 6.54 Å². The summed E-state index contributed by atoms with van der Waals surface area (Å²) in [4.78, 5) is 6.87. The first kappa shape index (κ1) is 15.2. The highest BCUT2D eigenvalue weighted by atomic mass is 32.1. The highest BCUT2D eigenvalue weighted by Gasteiger charge is 2.13. The number of hydrogen-bond donors (Lipinski definition) is 2. The number of thiazole rings is 1. The minimum atomic E-state index is -0.492. The zero-order chi connectivity index (χ0) is 15.7. The lowest BCUT2D eigenvalue weighted by Gasteiger charge is -2.14. The number of nitrogens with zero attached hydrogens (tertiary/aromatic N) is 2. The summed E-state index contributed by atoms with van der Waals surface area (Å²) in [7, 11) is 0. The highest BCUT2D eigenvalue weighted by Crippen LogP contribution is 2.21. The fraction of sp³-hybridized carbons (Fsp3) is 0.353. The van der Waals surface area contributed by atoms with Crippen LogP contribution in [0.15, 0.2) is 30.5 Å². The van der Waals surface area contributed by atoms with Gasteiger partial charge >= 0.3 is 0 Å². The summed E-state index contributed by atoms with van der Waals surface area (Å²) in [5.74, 6) is 0. The summed E-state index contributed by atoms with van der Waals surface area (Å²) in [6.07, 6.45) is 1.63. The van der Waals surface area contributed by atoms with Crippen LogP contribution in [0.1, 0.15) is 33.5 Å². The Morgan fingerprint density at radius 3 is 2.82 bits per heavy atom. The predicted octanol–water partition coefficient (Wildman–Crippen LogP) is 3.14. The van der Waals surface area contributed by atoms with Gasteiger partial charge in [0.05, 0.1) is 17.5 Å². The van der Waals surface area contributed by atoms with E-state index in [9.17, 15) is 5.11 Å². The third-order valence-corrected chi connectivity index (χ3v) is 4.82. The SMILES string of the molecule is Cc1cn2c(CNCC(O)c3ccccc3C)c(C)nc2s1. The smallest absolute Gasteiger partial charge is 0.194 e. The van der Waals surface area contributed by atoms with Crippen molar-refractivity contribution < 1.29 is 5.11 Å². The second-order valence-corrected chi connectivity index (χ2v) is 6.85. The lowest BCUT2D eigenvalue weighted by atomic mass is 10.0. The van der Waals surface area contributed by atoms with Crippen LogP contribution in [0.2, 0.25) is 0 Å². The fourth-order valence-corrected chi connectivity index (χ4v) is 3.61. The van der Waals surface area contributed by atoms with E-state index in [0.29, 0.717) is 13.1 Å². The first-order chi connectivity index (χ1) is 10.6. The second-order valence-electron chi connectivity index (χ2n) is 5.64. The Hall–Kier alpha value is -1.69. The Morgan fingerprint density at radius 1 is 1.27 bits per heavy atom. The predicted molar refractivity (Wildman–Crippen MR) is 90.4 cm³/mol. The van der Waals surface area contributed by atoms with E-state index in [1.54, 1.807) is 11.3 Å². The van der Waals surface area contributed by atoms with Crippen LogP contribution >= 0.6 is 11.3 Å². The van der Waals surface area contributed by atoms with E-state index in [2.05, 4.69) is 27.8 Å². The number of aryl methyl sites for hydroxylation is 3. The largest absolute Gasteiger partial charge is 0.387 e. The van der Waals surface area contributed by atoms with Crippen molar-refractivity contribution >= 4 is 16.3 Å². The normalized spacial score (nSPS) is 12.9. The zero-order valence-corrected chi connectivity index (χ0v) is 13.9. The van der Waals surface area contributed by atoms with Gasteiger partial charge in [0, 0.05) is 24.2 Å². The van der Waals surface area contributed by atoms with Gasteiger partial charge < -0.3 is 10.4 Å². The molecule has 0 saturated heterocycles. The van der Waals surface area contributed by atoms with Crippen LogP contribution in [0, 0.1) is 20.8 Å². The molecule has 0 spiro atoms. The molecule has 0 saturated carbocycles. The highest BCUT2D eigenvalue weighted by molar-refractivity contribution is 7.17. The molecule has 2 aromatic heterocycles. The van der Waals surface area contributed by atoms with E-state index in [4.69, 9.17) is 0 Å². The van der Waals surface area contributed by atoms with Crippen LogP contribution in [-0.4, -0.2) is 21.0 Å². The summed E-state index contributed by atoms with van der Waals surface area (Å²) in [5.41, 5.74) is 4.31. The number of benzene rings is 1. The number of fused-ring (bicyclic) bond motifs is 1. The summed E-state index contributed by atoms with van der Waals surface area (Å²) >= 11 is 1.70. The molecule has 3 aromatic rings. The Morgan fingerprint density at radius 2 is 2.05 bits per heavy atom. The Labute approximate surface area is 134 Å². The molecule has 22 heavy (non-hydrogen) atoms. The molecule has 2 heterocycles. The van der Waals surface area contributed by atoms with Crippen molar-refractivity contribution in [2.45, 2.75) is 33.4 Å². The lowest BCUT2D eigenvalue weighted by molar-refractivity contribution is 0.173. The molecule has 0 amide bonds. The number of imidazole rings is 1. The van der Waals surface area contributed by atoms with Crippen molar-refractivity contribution in [1.29, 1.82) is 0 Å². The van der Waals surface area contributed by atoms with E-state index in [1.165, 1.54) is 4.88 Å². The van der Waals surface area contributed by atoms with Gasteiger partial charge in [0.1, 0.15) is 0 Å². The summed E-state index contributed by atoms with van der Waals surface area (Å²) in [5, 5.41) is 13.7. The molecule has 0 bridgehead atoms. The lowest BCUT2D eigenvalue weighted by Crippen LogP contribution is -2.22. The molecular formula is C17H21N3OS. The average Bonchev–Trinajstić information content (AvgIpc) is 2.96. The molecule has 0 aliphatic heterocycles. The van der Waals surface area contributed by atoms with Crippen molar-refractivity contribution in [1.82, 2.24) is 14.7 Å². The van der Waals surface area contributed by atoms with Crippen LogP contribution in [0.5, 0.6) is 0 Å². The fourth-order valence-electron chi connectivity index (χ4n) is 2.72. The van der Waals surface area contributed by atoms with Gasteiger partial charge in [-0.25, -0.2) is 4.98 Å². The average molecular weight is 315 g/mol. The van der Waals surface area contributed by atoms with Gasteiger partial charge in [0.15, 0.2) is 4.96 Å². The number of aliphatic hydroxyl groups is 1.